The molecule has 94 valence electrons. The third-order valence-corrected chi connectivity index (χ3v) is 4.58. The van der Waals surface area contributed by atoms with Gasteiger partial charge in [0.1, 0.15) is 0 Å². The molecule has 2 aromatic carbocycles. The van der Waals surface area contributed by atoms with Crippen LogP contribution >= 0.6 is 0 Å². The Hall–Kier alpha value is -1.82. The van der Waals surface area contributed by atoms with Gasteiger partial charge in [0, 0.05) is 0 Å². The van der Waals surface area contributed by atoms with E-state index in [0.717, 1.165) is 0 Å². The van der Waals surface area contributed by atoms with Crippen molar-refractivity contribution in [1.29, 1.82) is 0 Å². The molecule has 0 aromatic heterocycles. The van der Waals surface area contributed by atoms with Crippen LogP contribution in [0.25, 0.3) is 11.1 Å². The maximum Gasteiger partial charge on any atom is -0.0189 e. The molecule has 19 heavy (non-hydrogen) atoms. The van der Waals surface area contributed by atoms with E-state index in [-0.39, 0.29) is 0 Å². The lowest BCUT2D eigenvalue weighted by atomic mass is 9.75. The van der Waals surface area contributed by atoms with Crippen molar-refractivity contribution in [1.82, 2.24) is 0 Å². The number of aryl methyl sites for hydroxylation is 3. The van der Waals surface area contributed by atoms with Crippen molar-refractivity contribution >= 4 is 11.1 Å². The molecular weight excluding hydrogens is 228 g/mol. The molecule has 0 heterocycles. The highest BCUT2D eigenvalue weighted by Gasteiger charge is 2.24. The molecule has 0 nitrogen and oxygen atoms in total. The molecule has 0 radical (unpaired) electrons. The normalized spacial score (nSPS) is 16.7. The molecule has 0 bridgehead atoms. The van der Waals surface area contributed by atoms with Crippen LogP contribution in [0.4, 0.5) is 0 Å². The van der Waals surface area contributed by atoms with Crippen molar-refractivity contribution in [2.45, 2.75) is 32.6 Å². The Labute approximate surface area is 114 Å². The van der Waals surface area contributed by atoms with Gasteiger partial charge in [-0.05, 0) is 66.0 Å². The first-order valence-electron chi connectivity index (χ1n) is 7.23. The Morgan fingerprint density at radius 1 is 0.684 bits per heavy atom. The standard InChI is InChI=1S/C19H18/c1-13-6-9-17-15(12-13)8-11-18-16-5-3-2-4-14(16)7-10-19(17)18/h2-6,9,12H,7-8,10-11H2,1H3. The molecule has 0 atom stereocenters. The minimum Gasteiger partial charge on any atom is -0.0620 e. The molecule has 2 aromatic rings. The first kappa shape index (κ1) is 11.0. The molecule has 0 amide bonds. The van der Waals surface area contributed by atoms with Crippen molar-refractivity contribution in [2.24, 2.45) is 0 Å². The molecular formula is C19H18. The van der Waals surface area contributed by atoms with Gasteiger partial charge in [-0.25, -0.2) is 0 Å². The van der Waals surface area contributed by atoms with Crippen LogP contribution in [0.5, 0.6) is 0 Å². The topological polar surface area (TPSA) is 0 Å². The number of benzene rings is 2. The lowest BCUT2D eigenvalue weighted by molar-refractivity contribution is 0.918. The van der Waals surface area contributed by atoms with Crippen LogP contribution in [0.2, 0.25) is 0 Å². The summed E-state index contributed by atoms with van der Waals surface area (Å²) in [7, 11) is 0. The van der Waals surface area contributed by atoms with Gasteiger partial charge >= 0.3 is 0 Å². The van der Waals surface area contributed by atoms with Crippen LogP contribution < -0.4 is 0 Å². The number of allylic oxidation sites excluding steroid dienone is 2. The zero-order valence-electron chi connectivity index (χ0n) is 11.4. The quantitative estimate of drug-likeness (QED) is 0.626. The molecule has 0 N–H and O–H groups in total. The van der Waals surface area contributed by atoms with Gasteiger partial charge in [-0.3, -0.25) is 0 Å². The third-order valence-electron chi connectivity index (χ3n) is 4.58. The van der Waals surface area contributed by atoms with Crippen molar-refractivity contribution in [3.63, 3.8) is 0 Å². The van der Waals surface area contributed by atoms with Crippen molar-refractivity contribution in [3.8, 4) is 0 Å². The average Bonchev–Trinajstić information content (AvgIpc) is 2.46. The molecule has 4 rings (SSSR count). The first-order valence-corrected chi connectivity index (χ1v) is 7.23. The highest BCUT2D eigenvalue weighted by atomic mass is 14.3. The van der Waals surface area contributed by atoms with Gasteiger partial charge < -0.3 is 0 Å². The van der Waals surface area contributed by atoms with Gasteiger partial charge in [0.25, 0.3) is 0 Å². The monoisotopic (exact) mass is 246 g/mol. The predicted octanol–water partition coefficient (Wildman–Crippen LogP) is 4.80. The van der Waals surface area contributed by atoms with E-state index < -0.39 is 0 Å². The minimum absolute atomic E-state index is 1.20. The van der Waals surface area contributed by atoms with E-state index in [1.54, 1.807) is 16.7 Å². The molecule has 0 aliphatic heterocycles. The Balaban J connectivity index is 1.94. The van der Waals surface area contributed by atoms with Gasteiger partial charge in [-0.15, -0.1) is 0 Å². The molecule has 0 fully saturated rings. The fourth-order valence-electron chi connectivity index (χ4n) is 3.67. The molecule has 0 unspecified atom stereocenters. The number of hydrogen-bond donors (Lipinski definition) is 0. The van der Waals surface area contributed by atoms with E-state index in [0.29, 0.717) is 0 Å². The Kier molecular flexibility index (Phi) is 2.38. The molecule has 0 saturated carbocycles. The van der Waals surface area contributed by atoms with E-state index in [1.165, 1.54) is 47.9 Å². The molecule has 0 spiro atoms. The maximum absolute atomic E-state index is 2.37. The summed E-state index contributed by atoms with van der Waals surface area (Å²) in [6.45, 7) is 2.19. The smallest absolute Gasteiger partial charge is 0.0189 e. The van der Waals surface area contributed by atoms with Gasteiger partial charge in [-0.1, -0.05) is 48.0 Å². The molecule has 2 aliphatic carbocycles. The van der Waals surface area contributed by atoms with Gasteiger partial charge in [0.05, 0.1) is 0 Å². The SMILES string of the molecule is Cc1ccc2c(c1)CCC1=C2CCc2ccccc21. The summed E-state index contributed by atoms with van der Waals surface area (Å²) in [5.74, 6) is 0. The summed E-state index contributed by atoms with van der Waals surface area (Å²) < 4.78 is 0. The summed E-state index contributed by atoms with van der Waals surface area (Å²) >= 11 is 0. The minimum atomic E-state index is 1.20. The lowest BCUT2D eigenvalue weighted by Gasteiger charge is -2.29. The lowest BCUT2D eigenvalue weighted by Crippen LogP contribution is -2.11. The average molecular weight is 246 g/mol. The molecule has 0 heteroatoms. The van der Waals surface area contributed by atoms with Crippen LogP contribution in [0.15, 0.2) is 42.5 Å². The Morgan fingerprint density at radius 3 is 2.21 bits per heavy atom. The van der Waals surface area contributed by atoms with Gasteiger partial charge in [0.2, 0.25) is 0 Å². The van der Waals surface area contributed by atoms with Crippen molar-refractivity contribution in [3.05, 3.63) is 70.3 Å². The first-order chi connectivity index (χ1) is 9.33. The summed E-state index contributed by atoms with van der Waals surface area (Å²) in [5, 5.41) is 0. The van der Waals surface area contributed by atoms with Crippen LogP contribution in [0, 0.1) is 6.92 Å². The van der Waals surface area contributed by atoms with Crippen molar-refractivity contribution < 1.29 is 0 Å². The highest BCUT2D eigenvalue weighted by molar-refractivity contribution is 5.95. The summed E-state index contributed by atoms with van der Waals surface area (Å²) in [6, 6.07) is 15.9. The summed E-state index contributed by atoms with van der Waals surface area (Å²) in [5.41, 5.74) is 10.7. The van der Waals surface area contributed by atoms with E-state index >= 15 is 0 Å². The number of hydrogen-bond acceptors (Lipinski definition) is 0. The summed E-state index contributed by atoms with van der Waals surface area (Å²) in [4.78, 5) is 0. The molecule has 2 aliphatic rings. The Morgan fingerprint density at radius 2 is 1.37 bits per heavy atom. The second-order valence-corrected chi connectivity index (χ2v) is 5.77. The van der Waals surface area contributed by atoms with Crippen LogP contribution in [0.1, 0.15) is 40.7 Å². The Bertz CT molecular complexity index is 689. The van der Waals surface area contributed by atoms with Gasteiger partial charge in [-0.2, -0.15) is 0 Å². The molecule has 0 saturated heterocycles. The predicted molar refractivity (Wildman–Crippen MR) is 81.1 cm³/mol. The van der Waals surface area contributed by atoms with E-state index in [9.17, 15) is 0 Å². The highest BCUT2D eigenvalue weighted by Crippen LogP contribution is 2.43. The third kappa shape index (κ3) is 1.67. The summed E-state index contributed by atoms with van der Waals surface area (Å²) in [6.07, 6.45) is 4.82. The zero-order chi connectivity index (χ0) is 12.8. The fraction of sp³-hybridized carbons (Fsp3) is 0.263. The fourth-order valence-corrected chi connectivity index (χ4v) is 3.67. The van der Waals surface area contributed by atoms with E-state index in [1.807, 2.05) is 0 Å². The zero-order valence-corrected chi connectivity index (χ0v) is 11.4. The van der Waals surface area contributed by atoms with E-state index in [2.05, 4.69) is 49.4 Å². The largest absolute Gasteiger partial charge is 0.0620 e. The van der Waals surface area contributed by atoms with Crippen LogP contribution in [0.3, 0.4) is 0 Å². The number of fused-ring (bicyclic) bond motifs is 4. The second-order valence-electron chi connectivity index (χ2n) is 5.77. The van der Waals surface area contributed by atoms with Crippen molar-refractivity contribution in [2.75, 3.05) is 0 Å². The van der Waals surface area contributed by atoms with Gasteiger partial charge in [0.15, 0.2) is 0 Å². The second kappa shape index (κ2) is 4.09. The number of rotatable bonds is 0. The van der Waals surface area contributed by atoms with Crippen LogP contribution in [-0.4, -0.2) is 0 Å². The van der Waals surface area contributed by atoms with Crippen LogP contribution in [-0.2, 0) is 12.8 Å². The van der Waals surface area contributed by atoms with E-state index in [4.69, 9.17) is 0 Å². The maximum atomic E-state index is 2.37.